The third-order valence-corrected chi connectivity index (χ3v) is 5.94. The topological polar surface area (TPSA) is 89.8 Å². The van der Waals surface area contributed by atoms with Crippen molar-refractivity contribution >= 4 is 28.8 Å². The van der Waals surface area contributed by atoms with E-state index in [4.69, 9.17) is 13.9 Å². The van der Waals surface area contributed by atoms with Crippen LogP contribution in [-0.2, 0) is 10.9 Å². The van der Waals surface area contributed by atoms with Gasteiger partial charge in [0.1, 0.15) is 11.6 Å². The molecular formula is C26H20F4N2O5. The third kappa shape index (κ3) is 4.94. The highest BCUT2D eigenvalue weighted by atomic mass is 19.4. The Labute approximate surface area is 208 Å². The number of halogens is 4. The van der Waals surface area contributed by atoms with Crippen LogP contribution in [0.25, 0.3) is 5.57 Å². The molecule has 1 saturated heterocycles. The molecule has 3 aromatic rings. The van der Waals surface area contributed by atoms with Crippen LogP contribution < -0.4 is 15.4 Å². The van der Waals surface area contributed by atoms with Gasteiger partial charge < -0.3 is 24.5 Å². The van der Waals surface area contributed by atoms with E-state index in [1.807, 2.05) is 0 Å². The van der Waals surface area contributed by atoms with Crippen LogP contribution in [0.15, 0.2) is 59.2 Å². The minimum absolute atomic E-state index is 0.108. The van der Waals surface area contributed by atoms with Crippen LogP contribution in [0, 0.1) is 5.82 Å². The highest BCUT2D eigenvalue weighted by molar-refractivity contribution is 6.05. The van der Waals surface area contributed by atoms with E-state index in [-0.39, 0.29) is 48.3 Å². The van der Waals surface area contributed by atoms with Crippen LogP contribution in [0.5, 0.6) is 5.75 Å². The van der Waals surface area contributed by atoms with Crippen molar-refractivity contribution in [1.29, 1.82) is 0 Å². The van der Waals surface area contributed by atoms with Gasteiger partial charge in [-0.05, 0) is 54.5 Å². The van der Waals surface area contributed by atoms with Gasteiger partial charge in [-0.3, -0.25) is 4.79 Å². The lowest BCUT2D eigenvalue weighted by molar-refractivity contribution is -0.160. The Morgan fingerprint density at radius 3 is 2.54 bits per heavy atom. The number of amides is 2. The molecule has 2 amide bonds. The zero-order chi connectivity index (χ0) is 26.4. The summed E-state index contributed by atoms with van der Waals surface area (Å²) in [4.78, 5) is 24.4. The Kier molecular flexibility index (Phi) is 6.03. The molecule has 7 nitrogen and oxygen atoms in total. The second-order valence-electron chi connectivity index (χ2n) is 8.94. The van der Waals surface area contributed by atoms with Gasteiger partial charge in [-0.1, -0.05) is 12.1 Å². The Bertz CT molecular complexity index is 1420. The number of fused-ring (bicyclic) bond motifs is 1. The van der Waals surface area contributed by atoms with Crippen LogP contribution in [-0.4, -0.2) is 30.6 Å². The molecular weight excluding hydrogens is 496 g/mol. The summed E-state index contributed by atoms with van der Waals surface area (Å²) in [5.74, 6) is -1.14. The van der Waals surface area contributed by atoms with E-state index in [0.29, 0.717) is 16.7 Å². The number of carbonyl (C=O) groups excluding carboxylic acids is 2. The van der Waals surface area contributed by atoms with Gasteiger partial charge in [-0.15, -0.1) is 0 Å². The number of ketones is 1. The summed E-state index contributed by atoms with van der Waals surface area (Å²) in [6, 6.07) is 7.85. The molecule has 2 N–H and O–H groups in total. The van der Waals surface area contributed by atoms with Gasteiger partial charge >= 0.3 is 12.2 Å². The lowest BCUT2D eigenvalue weighted by Gasteiger charge is -2.38. The van der Waals surface area contributed by atoms with Crippen molar-refractivity contribution in [3.05, 3.63) is 83.1 Å². The van der Waals surface area contributed by atoms with Gasteiger partial charge in [0, 0.05) is 17.7 Å². The van der Waals surface area contributed by atoms with Crippen LogP contribution in [0.2, 0.25) is 0 Å². The molecule has 2 aromatic carbocycles. The van der Waals surface area contributed by atoms with Crippen molar-refractivity contribution in [2.24, 2.45) is 0 Å². The first-order valence-corrected chi connectivity index (χ1v) is 11.2. The molecule has 11 heteroatoms. The number of rotatable bonds is 5. The number of hydrogen-bond donors (Lipinski definition) is 2. The number of hydrogen-bond acceptors (Lipinski definition) is 5. The molecule has 0 bridgehead atoms. The average Bonchev–Trinajstić information content (AvgIpc) is 3.31. The second-order valence-corrected chi connectivity index (χ2v) is 8.94. The van der Waals surface area contributed by atoms with Gasteiger partial charge in [0.15, 0.2) is 11.4 Å². The normalized spacial score (nSPS) is 16.4. The molecule has 192 valence electrons. The molecule has 1 aliphatic heterocycles. The number of urea groups is 1. The lowest BCUT2D eigenvalue weighted by atomic mass is 9.91. The summed E-state index contributed by atoms with van der Waals surface area (Å²) in [5, 5.41) is 4.58. The summed E-state index contributed by atoms with van der Waals surface area (Å²) < 4.78 is 71.4. The van der Waals surface area contributed by atoms with Gasteiger partial charge in [0.2, 0.25) is 5.78 Å². The average molecular weight is 516 g/mol. The van der Waals surface area contributed by atoms with E-state index in [9.17, 15) is 27.2 Å². The van der Waals surface area contributed by atoms with Gasteiger partial charge in [0.05, 0.1) is 30.7 Å². The predicted molar refractivity (Wildman–Crippen MR) is 125 cm³/mol. The number of ether oxygens (including phenoxy) is 2. The van der Waals surface area contributed by atoms with E-state index < -0.39 is 29.2 Å². The van der Waals surface area contributed by atoms with Crippen LogP contribution >= 0.6 is 0 Å². The van der Waals surface area contributed by atoms with Crippen molar-refractivity contribution in [1.82, 2.24) is 0 Å². The molecule has 0 spiro atoms. The maximum atomic E-state index is 14.8. The molecule has 1 aromatic heterocycles. The molecule has 0 saturated carbocycles. The van der Waals surface area contributed by atoms with Gasteiger partial charge in [-0.2, -0.15) is 13.2 Å². The summed E-state index contributed by atoms with van der Waals surface area (Å²) >= 11 is 0. The number of Topliss-reactive ketones (excluding diaryl/α,β-unsaturated/α-hetero) is 1. The molecule has 0 atom stereocenters. The zero-order valence-corrected chi connectivity index (χ0v) is 19.4. The SMILES string of the molecule is CC1(Oc2ccc(NC(=O)Nc3ccc(C4=CCC(=O)c5occc54)cc3F)cc2C(F)(F)F)COC1. The first-order chi connectivity index (χ1) is 17.5. The number of anilines is 2. The van der Waals surface area contributed by atoms with Gasteiger partial charge in [0.25, 0.3) is 0 Å². The summed E-state index contributed by atoms with van der Waals surface area (Å²) in [5.41, 5.74) is -0.646. The Hall–Kier alpha value is -4.12. The Morgan fingerprint density at radius 1 is 1.08 bits per heavy atom. The van der Waals surface area contributed by atoms with Crippen LogP contribution in [0.3, 0.4) is 0 Å². The fourth-order valence-corrected chi connectivity index (χ4v) is 4.11. The third-order valence-electron chi connectivity index (χ3n) is 5.94. The van der Waals surface area contributed by atoms with E-state index in [0.717, 1.165) is 12.1 Å². The first kappa shape index (κ1) is 24.6. The first-order valence-electron chi connectivity index (χ1n) is 11.2. The number of furan rings is 1. The van der Waals surface area contributed by atoms with Crippen molar-refractivity contribution < 1.29 is 41.0 Å². The standard InChI is InChI=1S/C26H20F4N2O5/c1-25(12-35-13-25)37-22-7-3-15(11-18(22)26(28,29)30)31-24(34)32-20-5-2-14(10-19(20)27)16-4-6-21(33)23-17(16)8-9-36-23/h2-5,7-11H,6,12-13H2,1H3,(H2,31,32,34). The van der Waals surface area contributed by atoms with E-state index in [1.54, 1.807) is 25.1 Å². The van der Waals surface area contributed by atoms with Crippen LogP contribution in [0.4, 0.5) is 33.7 Å². The van der Waals surface area contributed by atoms with E-state index in [2.05, 4.69) is 10.6 Å². The maximum Gasteiger partial charge on any atom is 0.420 e. The quantitative estimate of drug-likeness (QED) is 0.391. The fourth-order valence-electron chi connectivity index (χ4n) is 4.11. The molecule has 2 aliphatic rings. The fraction of sp³-hybridized carbons (Fsp3) is 0.231. The molecule has 1 aliphatic carbocycles. The van der Waals surface area contributed by atoms with Crippen molar-refractivity contribution in [3.63, 3.8) is 0 Å². The largest absolute Gasteiger partial charge is 0.482 e. The monoisotopic (exact) mass is 516 g/mol. The Balaban J connectivity index is 1.30. The Morgan fingerprint density at radius 2 is 1.86 bits per heavy atom. The highest BCUT2D eigenvalue weighted by Gasteiger charge is 2.40. The van der Waals surface area contributed by atoms with Crippen molar-refractivity contribution in [3.8, 4) is 5.75 Å². The summed E-state index contributed by atoms with van der Waals surface area (Å²) in [6.45, 7) is 1.96. The molecule has 0 radical (unpaired) electrons. The summed E-state index contributed by atoms with van der Waals surface area (Å²) in [7, 11) is 0. The van der Waals surface area contributed by atoms with Crippen molar-refractivity contribution in [2.75, 3.05) is 23.8 Å². The van der Waals surface area contributed by atoms with Crippen LogP contribution in [0.1, 0.15) is 40.6 Å². The molecule has 1 fully saturated rings. The van der Waals surface area contributed by atoms with E-state index >= 15 is 0 Å². The lowest BCUT2D eigenvalue weighted by Crippen LogP contribution is -2.51. The predicted octanol–water partition coefficient (Wildman–Crippen LogP) is 6.27. The smallest absolute Gasteiger partial charge is 0.420 e. The minimum atomic E-state index is -4.74. The number of nitrogens with one attached hydrogen (secondary N) is 2. The maximum absolute atomic E-state index is 14.8. The zero-order valence-electron chi connectivity index (χ0n) is 19.4. The molecule has 0 unspecified atom stereocenters. The number of carbonyl (C=O) groups is 2. The van der Waals surface area contributed by atoms with Crippen molar-refractivity contribution in [2.45, 2.75) is 25.1 Å². The number of alkyl halides is 3. The highest BCUT2D eigenvalue weighted by Crippen LogP contribution is 2.40. The molecule has 5 rings (SSSR count). The molecule has 2 heterocycles. The second kappa shape index (κ2) is 9.07. The number of allylic oxidation sites excluding steroid dienone is 1. The molecule has 37 heavy (non-hydrogen) atoms. The summed E-state index contributed by atoms with van der Waals surface area (Å²) in [6.07, 6.45) is -1.59. The number of benzene rings is 2. The van der Waals surface area contributed by atoms with Gasteiger partial charge in [-0.25, -0.2) is 9.18 Å². The minimum Gasteiger partial charge on any atom is -0.482 e. The van der Waals surface area contributed by atoms with E-state index in [1.165, 1.54) is 24.5 Å².